The summed E-state index contributed by atoms with van der Waals surface area (Å²) in [4.78, 5) is 24.9. The minimum Gasteiger partial charge on any atom is -0.352 e. The second kappa shape index (κ2) is 9.01. The smallest absolute Gasteiger partial charge is 0.255 e. The van der Waals surface area contributed by atoms with Gasteiger partial charge in [0, 0.05) is 17.1 Å². The lowest BCUT2D eigenvalue weighted by Gasteiger charge is -2.11. The Kier molecular flexibility index (Phi) is 6.23. The van der Waals surface area contributed by atoms with Crippen LogP contribution in [0.3, 0.4) is 0 Å². The van der Waals surface area contributed by atoms with Crippen molar-refractivity contribution in [1.29, 1.82) is 0 Å². The molecule has 2 amide bonds. The highest BCUT2D eigenvalue weighted by atomic mass is 35.5. The van der Waals surface area contributed by atoms with Crippen LogP contribution in [0.1, 0.15) is 26.3 Å². The summed E-state index contributed by atoms with van der Waals surface area (Å²) in [6, 6.07) is 23.4. The normalized spacial score (nSPS) is 10.3. The number of para-hydroxylation sites is 1. The average molecular weight is 379 g/mol. The molecule has 0 aliphatic rings. The van der Waals surface area contributed by atoms with E-state index < -0.39 is 0 Å². The SMILES string of the molecule is O=C(Nc1ccccc1C(=O)NCCc1cccc(Cl)c1)c1ccccc1. The van der Waals surface area contributed by atoms with Gasteiger partial charge in [0.25, 0.3) is 11.8 Å². The molecule has 0 aliphatic heterocycles. The lowest BCUT2D eigenvalue weighted by Crippen LogP contribution is -2.27. The van der Waals surface area contributed by atoms with Crippen molar-refractivity contribution in [2.45, 2.75) is 6.42 Å². The zero-order valence-electron chi connectivity index (χ0n) is 14.6. The van der Waals surface area contributed by atoms with Crippen molar-refractivity contribution in [3.63, 3.8) is 0 Å². The zero-order valence-corrected chi connectivity index (χ0v) is 15.4. The molecule has 136 valence electrons. The number of halogens is 1. The van der Waals surface area contributed by atoms with Crippen LogP contribution in [0.15, 0.2) is 78.9 Å². The molecule has 3 aromatic rings. The quantitative estimate of drug-likeness (QED) is 0.660. The third-order valence-corrected chi connectivity index (χ3v) is 4.28. The van der Waals surface area contributed by atoms with Gasteiger partial charge in [-0.2, -0.15) is 0 Å². The molecule has 0 heterocycles. The molecule has 0 radical (unpaired) electrons. The fourth-order valence-corrected chi connectivity index (χ4v) is 2.90. The van der Waals surface area contributed by atoms with Gasteiger partial charge in [0.2, 0.25) is 0 Å². The second-order valence-corrected chi connectivity index (χ2v) is 6.44. The van der Waals surface area contributed by atoms with E-state index in [9.17, 15) is 9.59 Å². The lowest BCUT2D eigenvalue weighted by molar-refractivity contribution is 0.0955. The van der Waals surface area contributed by atoms with Gasteiger partial charge in [-0.25, -0.2) is 0 Å². The van der Waals surface area contributed by atoms with Crippen molar-refractivity contribution >= 4 is 29.1 Å². The van der Waals surface area contributed by atoms with Gasteiger partial charge in [0.1, 0.15) is 0 Å². The number of hydrogen-bond donors (Lipinski definition) is 2. The van der Waals surface area contributed by atoms with E-state index in [0.29, 0.717) is 34.8 Å². The molecule has 27 heavy (non-hydrogen) atoms. The van der Waals surface area contributed by atoms with Gasteiger partial charge < -0.3 is 10.6 Å². The highest BCUT2D eigenvalue weighted by Gasteiger charge is 2.13. The predicted octanol–water partition coefficient (Wildman–Crippen LogP) is 4.56. The average Bonchev–Trinajstić information content (AvgIpc) is 2.69. The molecule has 0 atom stereocenters. The third-order valence-electron chi connectivity index (χ3n) is 4.04. The Morgan fingerprint density at radius 3 is 2.33 bits per heavy atom. The summed E-state index contributed by atoms with van der Waals surface area (Å²) < 4.78 is 0. The van der Waals surface area contributed by atoms with Crippen molar-refractivity contribution in [2.24, 2.45) is 0 Å². The zero-order chi connectivity index (χ0) is 19.1. The molecule has 4 nitrogen and oxygen atoms in total. The van der Waals surface area contributed by atoms with Crippen LogP contribution in [0.4, 0.5) is 5.69 Å². The largest absolute Gasteiger partial charge is 0.352 e. The first-order valence-corrected chi connectivity index (χ1v) is 8.99. The Bertz CT molecular complexity index is 942. The molecule has 0 fully saturated rings. The van der Waals surface area contributed by atoms with E-state index in [1.54, 1.807) is 48.5 Å². The fourth-order valence-electron chi connectivity index (χ4n) is 2.68. The molecule has 5 heteroatoms. The van der Waals surface area contributed by atoms with Crippen LogP contribution in [0, 0.1) is 0 Å². The summed E-state index contributed by atoms with van der Waals surface area (Å²) in [7, 11) is 0. The molecule has 2 N–H and O–H groups in total. The monoisotopic (exact) mass is 378 g/mol. The van der Waals surface area contributed by atoms with Crippen LogP contribution in [0.2, 0.25) is 5.02 Å². The standard InChI is InChI=1S/C22H19ClN2O2/c23-18-10-6-7-16(15-18)13-14-24-22(27)19-11-4-5-12-20(19)25-21(26)17-8-2-1-3-9-17/h1-12,15H,13-14H2,(H,24,27)(H,25,26). The van der Waals surface area contributed by atoms with Gasteiger partial charge >= 0.3 is 0 Å². The topological polar surface area (TPSA) is 58.2 Å². The van der Waals surface area contributed by atoms with Crippen molar-refractivity contribution in [2.75, 3.05) is 11.9 Å². The van der Waals surface area contributed by atoms with E-state index in [1.807, 2.05) is 30.3 Å². The summed E-state index contributed by atoms with van der Waals surface area (Å²) in [6.45, 7) is 0.472. The Morgan fingerprint density at radius 1 is 0.815 bits per heavy atom. The number of benzene rings is 3. The summed E-state index contributed by atoms with van der Waals surface area (Å²) in [5.41, 5.74) is 2.49. The molecule has 0 spiro atoms. The Morgan fingerprint density at radius 2 is 1.56 bits per heavy atom. The van der Waals surface area contributed by atoms with E-state index in [2.05, 4.69) is 10.6 Å². The molecule has 0 aromatic heterocycles. The molecule has 3 rings (SSSR count). The molecule has 0 saturated carbocycles. The number of carbonyl (C=O) groups is 2. The van der Waals surface area contributed by atoms with Gasteiger partial charge in [-0.1, -0.05) is 54.1 Å². The molecule has 0 aliphatic carbocycles. The van der Waals surface area contributed by atoms with Gasteiger partial charge in [-0.15, -0.1) is 0 Å². The highest BCUT2D eigenvalue weighted by molar-refractivity contribution is 6.30. The number of anilines is 1. The van der Waals surface area contributed by atoms with Crippen LogP contribution in [-0.2, 0) is 6.42 Å². The van der Waals surface area contributed by atoms with Crippen LogP contribution in [0.25, 0.3) is 0 Å². The summed E-state index contributed by atoms with van der Waals surface area (Å²) in [5, 5.41) is 6.37. The maximum absolute atomic E-state index is 12.6. The number of hydrogen-bond acceptors (Lipinski definition) is 2. The summed E-state index contributed by atoms with van der Waals surface area (Å²) >= 11 is 5.97. The van der Waals surface area contributed by atoms with E-state index in [-0.39, 0.29) is 11.8 Å². The molecule has 0 saturated heterocycles. The Balaban J connectivity index is 1.64. The minimum atomic E-state index is -0.255. The highest BCUT2D eigenvalue weighted by Crippen LogP contribution is 2.16. The first-order valence-electron chi connectivity index (χ1n) is 8.61. The molecular formula is C22H19ClN2O2. The second-order valence-electron chi connectivity index (χ2n) is 6.00. The number of rotatable bonds is 6. The molecule has 0 unspecified atom stereocenters. The molecule has 3 aromatic carbocycles. The minimum absolute atomic E-state index is 0.235. The molecule has 0 bridgehead atoms. The number of carbonyl (C=O) groups excluding carboxylic acids is 2. The first kappa shape index (κ1) is 18.7. The van der Waals surface area contributed by atoms with E-state index in [4.69, 9.17) is 11.6 Å². The Labute approximate surface area is 163 Å². The summed E-state index contributed by atoms with van der Waals surface area (Å²) in [6.07, 6.45) is 0.671. The van der Waals surface area contributed by atoms with Crippen molar-refractivity contribution < 1.29 is 9.59 Å². The van der Waals surface area contributed by atoms with Crippen LogP contribution in [-0.4, -0.2) is 18.4 Å². The number of amides is 2. The van der Waals surface area contributed by atoms with Crippen molar-refractivity contribution in [3.05, 3.63) is 101 Å². The summed E-state index contributed by atoms with van der Waals surface area (Å²) in [5.74, 6) is -0.490. The maximum Gasteiger partial charge on any atom is 0.255 e. The van der Waals surface area contributed by atoms with Crippen molar-refractivity contribution in [3.8, 4) is 0 Å². The van der Waals surface area contributed by atoms with Gasteiger partial charge in [-0.3, -0.25) is 9.59 Å². The van der Waals surface area contributed by atoms with Gasteiger partial charge in [0.05, 0.1) is 11.3 Å². The van der Waals surface area contributed by atoms with E-state index >= 15 is 0 Å². The first-order chi connectivity index (χ1) is 13.1. The fraction of sp³-hybridized carbons (Fsp3) is 0.0909. The maximum atomic E-state index is 12.6. The van der Waals surface area contributed by atoms with Gasteiger partial charge in [0.15, 0.2) is 0 Å². The van der Waals surface area contributed by atoms with E-state index in [1.165, 1.54) is 0 Å². The van der Waals surface area contributed by atoms with Crippen LogP contribution in [0.5, 0.6) is 0 Å². The third kappa shape index (κ3) is 5.19. The van der Waals surface area contributed by atoms with E-state index in [0.717, 1.165) is 5.56 Å². The van der Waals surface area contributed by atoms with Gasteiger partial charge in [-0.05, 0) is 48.4 Å². The van der Waals surface area contributed by atoms with Crippen LogP contribution < -0.4 is 10.6 Å². The number of nitrogens with one attached hydrogen (secondary N) is 2. The Hall–Kier alpha value is -3.11. The van der Waals surface area contributed by atoms with Crippen molar-refractivity contribution in [1.82, 2.24) is 5.32 Å². The lowest BCUT2D eigenvalue weighted by atomic mass is 10.1. The molecular weight excluding hydrogens is 360 g/mol. The predicted molar refractivity (Wildman–Crippen MR) is 108 cm³/mol. The van der Waals surface area contributed by atoms with Crippen LogP contribution >= 0.6 is 11.6 Å².